The van der Waals surface area contributed by atoms with Crippen LogP contribution >= 0.6 is 7.60 Å². The molecule has 15 heavy (non-hydrogen) atoms. The summed E-state index contributed by atoms with van der Waals surface area (Å²) in [6.45, 7) is 3.80. The Morgan fingerprint density at radius 1 is 1.47 bits per heavy atom. The van der Waals surface area contributed by atoms with Crippen LogP contribution in [0.15, 0.2) is 0 Å². The number of carbonyl (C=O) groups is 1. The highest BCUT2D eigenvalue weighted by Gasteiger charge is 2.33. The summed E-state index contributed by atoms with van der Waals surface area (Å²) in [6, 6.07) is 0. The van der Waals surface area contributed by atoms with Crippen molar-refractivity contribution >= 4 is 13.4 Å². The van der Waals surface area contributed by atoms with E-state index < -0.39 is 7.60 Å². The molecule has 5 heteroatoms. The van der Waals surface area contributed by atoms with Crippen molar-refractivity contribution < 1.29 is 19.1 Å². The molecule has 1 rings (SSSR count). The van der Waals surface area contributed by atoms with E-state index in [4.69, 9.17) is 9.79 Å². The monoisotopic (exact) mass is 234 g/mol. The van der Waals surface area contributed by atoms with E-state index in [-0.39, 0.29) is 23.8 Å². The van der Waals surface area contributed by atoms with Crippen molar-refractivity contribution in [2.45, 2.75) is 33.1 Å². The molecule has 0 spiro atoms. The molecule has 0 saturated heterocycles. The van der Waals surface area contributed by atoms with Crippen LogP contribution in [0.1, 0.15) is 33.1 Å². The second kappa shape index (κ2) is 4.77. The van der Waals surface area contributed by atoms with Crippen LogP contribution in [0.2, 0.25) is 0 Å². The molecule has 1 aliphatic carbocycles. The summed E-state index contributed by atoms with van der Waals surface area (Å²) in [7, 11) is -3.98. The van der Waals surface area contributed by atoms with Gasteiger partial charge in [0.15, 0.2) is 0 Å². The summed E-state index contributed by atoms with van der Waals surface area (Å²) in [5, 5.41) is 0. The predicted octanol–water partition coefficient (Wildman–Crippen LogP) is 1.81. The third kappa shape index (κ3) is 4.06. The van der Waals surface area contributed by atoms with Gasteiger partial charge < -0.3 is 9.79 Å². The summed E-state index contributed by atoms with van der Waals surface area (Å²) in [5.41, 5.74) is 0. The molecule has 1 saturated carbocycles. The maximum atomic E-state index is 11.7. The molecule has 3 unspecified atom stereocenters. The lowest BCUT2D eigenvalue weighted by Gasteiger charge is -2.29. The zero-order valence-corrected chi connectivity index (χ0v) is 10.1. The maximum absolute atomic E-state index is 11.7. The molecule has 0 bridgehead atoms. The van der Waals surface area contributed by atoms with Gasteiger partial charge in [0.2, 0.25) is 0 Å². The highest BCUT2D eigenvalue weighted by Crippen LogP contribution is 2.41. The van der Waals surface area contributed by atoms with Gasteiger partial charge in [-0.2, -0.15) is 0 Å². The first-order valence-corrected chi connectivity index (χ1v) is 7.16. The molecule has 2 N–H and O–H groups in total. The molecule has 3 atom stereocenters. The average molecular weight is 234 g/mol. The van der Waals surface area contributed by atoms with E-state index in [1.165, 1.54) is 0 Å². The van der Waals surface area contributed by atoms with Crippen LogP contribution < -0.4 is 0 Å². The van der Waals surface area contributed by atoms with Gasteiger partial charge in [0, 0.05) is 12.3 Å². The third-order valence-electron chi connectivity index (χ3n) is 3.15. The van der Waals surface area contributed by atoms with E-state index in [0.29, 0.717) is 12.3 Å². The van der Waals surface area contributed by atoms with E-state index in [1.54, 1.807) is 6.92 Å². The Hall–Kier alpha value is -0.180. The van der Waals surface area contributed by atoms with Gasteiger partial charge in [0.05, 0.1) is 6.16 Å². The van der Waals surface area contributed by atoms with Crippen molar-refractivity contribution in [3.63, 3.8) is 0 Å². The van der Waals surface area contributed by atoms with Gasteiger partial charge in [0.25, 0.3) is 0 Å². The molecule has 4 nitrogen and oxygen atoms in total. The number of carbonyl (C=O) groups excluding carboxylic acids is 1. The molecule has 0 radical (unpaired) electrons. The fraction of sp³-hybridized carbons (Fsp3) is 0.900. The molecule has 88 valence electrons. The number of hydrogen-bond donors (Lipinski definition) is 2. The minimum Gasteiger partial charge on any atom is -0.324 e. The van der Waals surface area contributed by atoms with Crippen molar-refractivity contribution in [1.82, 2.24) is 0 Å². The molecule has 0 heterocycles. The Morgan fingerprint density at radius 3 is 2.53 bits per heavy atom. The largest absolute Gasteiger partial charge is 0.325 e. The van der Waals surface area contributed by atoms with Crippen molar-refractivity contribution in [3.05, 3.63) is 0 Å². The van der Waals surface area contributed by atoms with Crippen molar-refractivity contribution in [3.8, 4) is 0 Å². The Labute approximate surface area is 90.2 Å². The molecule has 1 aliphatic rings. The van der Waals surface area contributed by atoms with E-state index in [9.17, 15) is 9.36 Å². The zero-order valence-electron chi connectivity index (χ0n) is 9.22. The van der Waals surface area contributed by atoms with E-state index in [2.05, 4.69) is 0 Å². The quantitative estimate of drug-likeness (QED) is 0.730. The fourth-order valence-electron chi connectivity index (χ4n) is 2.33. The number of hydrogen-bond acceptors (Lipinski definition) is 2. The summed E-state index contributed by atoms with van der Waals surface area (Å²) in [4.78, 5) is 29.4. The zero-order chi connectivity index (χ0) is 11.6. The lowest BCUT2D eigenvalue weighted by molar-refractivity contribution is -0.127. The SMILES string of the molecule is CC1CCC(C(C)CP(=O)(O)O)C(=O)C1. The van der Waals surface area contributed by atoms with Crippen LogP contribution in [-0.4, -0.2) is 21.7 Å². The fourth-order valence-corrected chi connectivity index (χ4v) is 3.33. The van der Waals surface area contributed by atoms with Crippen LogP contribution in [-0.2, 0) is 9.36 Å². The highest BCUT2D eigenvalue weighted by atomic mass is 31.2. The minimum atomic E-state index is -3.98. The van der Waals surface area contributed by atoms with E-state index >= 15 is 0 Å². The van der Waals surface area contributed by atoms with Crippen LogP contribution in [0.25, 0.3) is 0 Å². The van der Waals surface area contributed by atoms with Crippen molar-refractivity contribution in [2.24, 2.45) is 17.8 Å². The summed E-state index contributed by atoms with van der Waals surface area (Å²) < 4.78 is 10.8. The molecule has 0 aromatic rings. The summed E-state index contributed by atoms with van der Waals surface area (Å²) >= 11 is 0. The first-order chi connectivity index (χ1) is 6.79. The van der Waals surface area contributed by atoms with E-state index in [0.717, 1.165) is 12.8 Å². The molecule has 1 fully saturated rings. The lowest BCUT2D eigenvalue weighted by atomic mass is 9.76. The molecule has 0 aromatic heterocycles. The Balaban J connectivity index is 2.56. The first-order valence-electron chi connectivity index (χ1n) is 5.37. The standard InChI is InChI=1S/C10H19O4P/c1-7-3-4-9(10(11)5-7)8(2)6-15(12,13)14/h7-9H,3-6H2,1-2H3,(H2,12,13,14). The highest BCUT2D eigenvalue weighted by molar-refractivity contribution is 7.51. The van der Waals surface area contributed by atoms with Crippen LogP contribution in [0.5, 0.6) is 0 Å². The van der Waals surface area contributed by atoms with E-state index in [1.807, 2.05) is 6.92 Å². The Bertz CT molecular complexity index is 283. The number of rotatable bonds is 3. The van der Waals surface area contributed by atoms with Crippen LogP contribution in [0.3, 0.4) is 0 Å². The first kappa shape index (κ1) is 12.9. The van der Waals surface area contributed by atoms with Gasteiger partial charge >= 0.3 is 7.60 Å². The normalized spacial score (nSPS) is 30.3. The second-order valence-corrected chi connectivity index (χ2v) is 6.48. The van der Waals surface area contributed by atoms with Crippen molar-refractivity contribution in [2.75, 3.05) is 6.16 Å². The summed E-state index contributed by atoms with van der Waals surface area (Å²) in [5.74, 6) is 0.255. The average Bonchev–Trinajstić information content (AvgIpc) is 1.99. The van der Waals surface area contributed by atoms with Gasteiger partial charge in [-0.3, -0.25) is 9.36 Å². The number of ketones is 1. The predicted molar refractivity (Wildman–Crippen MR) is 57.6 cm³/mol. The van der Waals surface area contributed by atoms with Gasteiger partial charge in [-0.25, -0.2) is 0 Å². The van der Waals surface area contributed by atoms with Gasteiger partial charge in [-0.05, 0) is 24.7 Å². The molecular weight excluding hydrogens is 215 g/mol. The second-order valence-electron chi connectivity index (χ2n) is 4.78. The van der Waals surface area contributed by atoms with Gasteiger partial charge in [-0.1, -0.05) is 13.8 Å². The van der Waals surface area contributed by atoms with Gasteiger partial charge in [-0.15, -0.1) is 0 Å². The van der Waals surface area contributed by atoms with Crippen molar-refractivity contribution in [1.29, 1.82) is 0 Å². The van der Waals surface area contributed by atoms with Gasteiger partial charge in [0.1, 0.15) is 5.78 Å². The topological polar surface area (TPSA) is 74.6 Å². The van der Waals surface area contributed by atoms with Crippen LogP contribution in [0.4, 0.5) is 0 Å². The third-order valence-corrected chi connectivity index (χ3v) is 4.20. The smallest absolute Gasteiger partial charge is 0.324 e. The molecular formula is C10H19O4P. The Morgan fingerprint density at radius 2 is 2.07 bits per heavy atom. The Kier molecular flexibility index (Phi) is 4.10. The van der Waals surface area contributed by atoms with Crippen LogP contribution in [0, 0.1) is 17.8 Å². The minimum absolute atomic E-state index is 0.145. The lowest BCUT2D eigenvalue weighted by Crippen LogP contribution is -2.30. The maximum Gasteiger partial charge on any atom is 0.325 e. The molecule has 0 aromatic carbocycles. The molecule has 0 amide bonds. The molecule has 0 aliphatic heterocycles. The number of Topliss-reactive ketones (excluding diaryl/α,β-unsaturated/α-hetero) is 1. The summed E-state index contributed by atoms with van der Waals surface area (Å²) in [6.07, 6.45) is 2.16.